The smallest absolute Gasteiger partial charge is 0.265 e. The van der Waals surface area contributed by atoms with Crippen molar-refractivity contribution in [3.8, 4) is 11.8 Å². The second-order valence-electron chi connectivity index (χ2n) is 4.59. The van der Waals surface area contributed by atoms with E-state index in [0.717, 1.165) is 11.1 Å². The van der Waals surface area contributed by atoms with Crippen LogP contribution in [0, 0.1) is 18.8 Å². The molecule has 1 amide bonds. The van der Waals surface area contributed by atoms with Gasteiger partial charge in [0.25, 0.3) is 5.91 Å². The number of hydrazine groups is 1. The molecule has 5 nitrogen and oxygen atoms in total. The van der Waals surface area contributed by atoms with Crippen LogP contribution < -0.4 is 5.43 Å². The molecule has 0 aromatic heterocycles. The number of carbonyl (C=O) groups is 1. The zero-order valence-corrected chi connectivity index (χ0v) is 11.5. The monoisotopic (exact) mass is 274 g/mol. The standard InChI is InChI=1S/C15H18N2O3/c1-12-9-13(3-2-6-18)11-14(10-12)15(19)16-17-4-7-20-8-5-17/h9-11,18H,4-8H2,1H3,(H,16,19). The molecule has 1 aromatic rings. The number of aliphatic hydroxyl groups excluding tert-OH is 1. The summed E-state index contributed by atoms with van der Waals surface area (Å²) in [6, 6.07) is 5.43. The zero-order valence-electron chi connectivity index (χ0n) is 11.5. The van der Waals surface area contributed by atoms with Gasteiger partial charge >= 0.3 is 0 Å². The van der Waals surface area contributed by atoms with E-state index in [4.69, 9.17) is 9.84 Å². The molecule has 2 rings (SSSR count). The minimum absolute atomic E-state index is 0.150. The maximum atomic E-state index is 12.2. The van der Waals surface area contributed by atoms with Crippen LogP contribution in [0.15, 0.2) is 18.2 Å². The summed E-state index contributed by atoms with van der Waals surface area (Å²) in [5.74, 6) is 5.26. The van der Waals surface area contributed by atoms with E-state index in [-0.39, 0.29) is 12.5 Å². The Bertz CT molecular complexity index is 540. The lowest BCUT2D eigenvalue weighted by Crippen LogP contribution is -2.48. The first-order valence-corrected chi connectivity index (χ1v) is 6.54. The second kappa shape index (κ2) is 7.06. The first kappa shape index (κ1) is 14.5. The van der Waals surface area contributed by atoms with Crippen LogP contribution in [0.2, 0.25) is 0 Å². The van der Waals surface area contributed by atoms with Gasteiger partial charge in [0, 0.05) is 24.2 Å². The maximum absolute atomic E-state index is 12.2. The lowest BCUT2D eigenvalue weighted by molar-refractivity contribution is 0.0126. The normalized spacial score (nSPS) is 15.3. The minimum atomic E-state index is -0.191. The van der Waals surface area contributed by atoms with Gasteiger partial charge in [-0.3, -0.25) is 10.2 Å². The average Bonchev–Trinajstić information content (AvgIpc) is 2.45. The molecule has 1 fully saturated rings. The van der Waals surface area contributed by atoms with E-state index in [0.29, 0.717) is 31.9 Å². The number of hydrogen-bond donors (Lipinski definition) is 2. The Balaban J connectivity index is 2.10. The summed E-state index contributed by atoms with van der Waals surface area (Å²) in [5, 5.41) is 10.6. The van der Waals surface area contributed by atoms with Crippen molar-refractivity contribution in [2.24, 2.45) is 0 Å². The van der Waals surface area contributed by atoms with E-state index in [1.54, 1.807) is 6.07 Å². The lowest BCUT2D eigenvalue weighted by Gasteiger charge is -2.27. The first-order valence-electron chi connectivity index (χ1n) is 6.54. The summed E-state index contributed by atoms with van der Waals surface area (Å²) < 4.78 is 5.23. The summed E-state index contributed by atoms with van der Waals surface area (Å²) in [5.41, 5.74) is 5.12. The van der Waals surface area contributed by atoms with Crippen LogP contribution in [-0.4, -0.2) is 48.9 Å². The minimum Gasteiger partial charge on any atom is -0.384 e. The molecule has 0 aliphatic carbocycles. The van der Waals surface area contributed by atoms with Gasteiger partial charge in [-0.15, -0.1) is 0 Å². The Kier molecular flexibility index (Phi) is 5.13. The molecule has 1 aromatic carbocycles. The Morgan fingerprint density at radius 2 is 2.15 bits per heavy atom. The van der Waals surface area contributed by atoms with Crippen molar-refractivity contribution in [1.29, 1.82) is 0 Å². The third-order valence-electron chi connectivity index (χ3n) is 2.92. The number of nitrogens with zero attached hydrogens (tertiary/aromatic N) is 1. The van der Waals surface area contributed by atoms with Crippen LogP contribution in [0.1, 0.15) is 21.5 Å². The number of morpholine rings is 1. The molecular weight excluding hydrogens is 256 g/mol. The number of benzene rings is 1. The van der Waals surface area contributed by atoms with Crippen LogP contribution in [0.25, 0.3) is 0 Å². The highest BCUT2D eigenvalue weighted by Gasteiger charge is 2.14. The van der Waals surface area contributed by atoms with Gasteiger partial charge in [0.15, 0.2) is 0 Å². The molecule has 0 atom stereocenters. The number of rotatable bonds is 2. The van der Waals surface area contributed by atoms with E-state index >= 15 is 0 Å². The van der Waals surface area contributed by atoms with Gasteiger partial charge in [-0.1, -0.05) is 11.8 Å². The number of amides is 1. The highest BCUT2D eigenvalue weighted by atomic mass is 16.5. The van der Waals surface area contributed by atoms with Crippen LogP contribution in [0.5, 0.6) is 0 Å². The van der Waals surface area contributed by atoms with Crippen LogP contribution in [0.3, 0.4) is 0 Å². The number of aliphatic hydroxyl groups is 1. The van der Waals surface area contributed by atoms with Crippen molar-refractivity contribution >= 4 is 5.91 Å². The zero-order chi connectivity index (χ0) is 14.4. The molecule has 0 saturated carbocycles. The molecule has 0 spiro atoms. The van der Waals surface area contributed by atoms with Gasteiger partial charge in [-0.05, 0) is 30.7 Å². The Morgan fingerprint density at radius 1 is 1.40 bits per heavy atom. The molecule has 1 aliphatic rings. The van der Waals surface area contributed by atoms with E-state index in [2.05, 4.69) is 17.3 Å². The van der Waals surface area contributed by atoms with Crippen molar-refractivity contribution in [2.75, 3.05) is 32.9 Å². The molecule has 1 saturated heterocycles. The van der Waals surface area contributed by atoms with Crippen molar-refractivity contribution in [3.05, 3.63) is 34.9 Å². The second-order valence-corrected chi connectivity index (χ2v) is 4.59. The van der Waals surface area contributed by atoms with Gasteiger partial charge in [0.2, 0.25) is 0 Å². The van der Waals surface area contributed by atoms with Gasteiger partial charge in [-0.2, -0.15) is 0 Å². The SMILES string of the molecule is Cc1cc(C#CCO)cc(C(=O)NN2CCOCC2)c1. The molecule has 2 N–H and O–H groups in total. The molecule has 1 aliphatic heterocycles. The Morgan fingerprint density at radius 3 is 2.85 bits per heavy atom. The summed E-state index contributed by atoms with van der Waals surface area (Å²) in [6.07, 6.45) is 0. The van der Waals surface area contributed by atoms with Crippen molar-refractivity contribution in [3.63, 3.8) is 0 Å². The largest absolute Gasteiger partial charge is 0.384 e. The summed E-state index contributed by atoms with van der Waals surface area (Å²) in [7, 11) is 0. The topological polar surface area (TPSA) is 61.8 Å². The summed E-state index contributed by atoms with van der Waals surface area (Å²) in [4.78, 5) is 12.2. The highest BCUT2D eigenvalue weighted by molar-refractivity contribution is 5.94. The van der Waals surface area contributed by atoms with Crippen molar-refractivity contribution in [1.82, 2.24) is 10.4 Å². The molecule has 0 unspecified atom stereocenters. The average molecular weight is 274 g/mol. The van der Waals surface area contributed by atoms with Crippen LogP contribution in [-0.2, 0) is 4.74 Å². The third kappa shape index (κ3) is 4.07. The Hall–Kier alpha value is -1.87. The fraction of sp³-hybridized carbons (Fsp3) is 0.400. The maximum Gasteiger partial charge on any atom is 0.265 e. The van der Waals surface area contributed by atoms with Gasteiger partial charge in [0.05, 0.1) is 13.2 Å². The number of carbonyl (C=O) groups excluding carboxylic acids is 1. The molecule has 5 heteroatoms. The van der Waals surface area contributed by atoms with Crippen molar-refractivity contribution < 1.29 is 14.6 Å². The fourth-order valence-electron chi connectivity index (χ4n) is 2.01. The molecule has 1 heterocycles. The van der Waals surface area contributed by atoms with Gasteiger partial charge < -0.3 is 9.84 Å². The molecule has 0 radical (unpaired) electrons. The number of ether oxygens (including phenoxy) is 1. The van der Waals surface area contributed by atoms with Crippen LogP contribution in [0.4, 0.5) is 0 Å². The van der Waals surface area contributed by atoms with E-state index in [9.17, 15) is 4.79 Å². The van der Waals surface area contributed by atoms with Crippen molar-refractivity contribution in [2.45, 2.75) is 6.92 Å². The quantitative estimate of drug-likeness (QED) is 0.762. The Labute approximate surface area is 118 Å². The summed E-state index contributed by atoms with van der Waals surface area (Å²) in [6.45, 7) is 4.35. The van der Waals surface area contributed by atoms with E-state index < -0.39 is 0 Å². The predicted molar refractivity (Wildman–Crippen MR) is 75.0 cm³/mol. The summed E-state index contributed by atoms with van der Waals surface area (Å²) >= 11 is 0. The molecule has 0 bridgehead atoms. The molecular formula is C15H18N2O3. The molecule has 106 valence electrons. The molecule has 20 heavy (non-hydrogen) atoms. The number of hydrogen-bond acceptors (Lipinski definition) is 4. The lowest BCUT2D eigenvalue weighted by atomic mass is 10.1. The third-order valence-corrected chi connectivity index (χ3v) is 2.92. The van der Waals surface area contributed by atoms with Gasteiger partial charge in [-0.25, -0.2) is 5.01 Å². The van der Waals surface area contributed by atoms with E-state index in [1.165, 1.54) is 0 Å². The fourth-order valence-corrected chi connectivity index (χ4v) is 2.01. The number of nitrogens with one attached hydrogen (secondary N) is 1. The predicted octanol–water partition coefficient (Wildman–Crippen LogP) is 0.316. The first-order chi connectivity index (χ1) is 9.69. The van der Waals surface area contributed by atoms with Gasteiger partial charge in [0.1, 0.15) is 6.61 Å². The highest BCUT2D eigenvalue weighted by Crippen LogP contribution is 2.09. The van der Waals surface area contributed by atoms with E-state index in [1.807, 2.05) is 24.1 Å². The van der Waals surface area contributed by atoms with Crippen LogP contribution >= 0.6 is 0 Å². The number of aryl methyl sites for hydroxylation is 1.